The number of hydrogen-bond donors (Lipinski definition) is 0. The van der Waals surface area contributed by atoms with Crippen molar-refractivity contribution in [2.75, 3.05) is 6.61 Å². The van der Waals surface area contributed by atoms with Crippen molar-refractivity contribution in [1.29, 1.82) is 0 Å². The zero-order valence-electron chi connectivity index (χ0n) is 10.8. The third-order valence-corrected chi connectivity index (χ3v) is 6.91. The van der Waals surface area contributed by atoms with E-state index in [1.54, 1.807) is 0 Å². The third-order valence-electron chi connectivity index (χ3n) is 2.88. The average Bonchev–Trinajstić information content (AvgIpc) is 2.50. The summed E-state index contributed by atoms with van der Waals surface area (Å²) in [6.45, 7) is 0.335. The smallest absolute Gasteiger partial charge is 0.148 e. The summed E-state index contributed by atoms with van der Waals surface area (Å²) >= 11 is 50.2. The molecular weight excluding hydrogens is 580 g/mol. The molecule has 0 aliphatic heterocycles. The highest BCUT2D eigenvalue weighted by atomic mass is 79.9. The normalized spacial score (nSPS) is 11.6. The zero-order valence-corrected chi connectivity index (χ0v) is 19.3. The van der Waals surface area contributed by atoms with Crippen LogP contribution >= 0.6 is 113 Å². The molecule has 0 saturated heterocycles. The van der Waals surface area contributed by atoms with Crippen molar-refractivity contribution in [3.63, 3.8) is 0 Å². The Kier molecular flexibility index (Phi) is 7.64. The van der Waals surface area contributed by atoms with E-state index in [2.05, 4.69) is 31.9 Å². The molecule has 23 heavy (non-hydrogen) atoms. The molecular formula is C13H5Br2Cl7O. The number of ether oxygens (including phenoxy) is 1. The third kappa shape index (κ3) is 4.09. The molecule has 0 amide bonds. The summed E-state index contributed by atoms with van der Waals surface area (Å²) in [5, 5.41) is 1.50. The van der Waals surface area contributed by atoms with Crippen LogP contribution in [0.15, 0.2) is 0 Å². The first kappa shape index (κ1) is 20.8. The Morgan fingerprint density at radius 1 is 0.652 bits per heavy atom. The molecule has 2 aromatic rings. The van der Waals surface area contributed by atoms with Gasteiger partial charge < -0.3 is 4.74 Å². The lowest BCUT2D eigenvalue weighted by molar-refractivity contribution is 0.321. The van der Waals surface area contributed by atoms with E-state index in [9.17, 15) is 0 Å². The molecule has 0 aromatic heterocycles. The number of alkyl halides is 2. The van der Waals surface area contributed by atoms with E-state index in [0.29, 0.717) is 23.8 Å². The molecule has 0 aliphatic carbocycles. The van der Waals surface area contributed by atoms with Crippen molar-refractivity contribution in [2.45, 2.75) is 10.2 Å². The number of halogens is 9. The SMILES string of the molecule is Clc1c(Cl)c(Cl)c2c(OCCC(Br)Br)c(Cl)c(Cl)c(Cl)c2c1Cl. The predicted molar refractivity (Wildman–Crippen MR) is 111 cm³/mol. The van der Waals surface area contributed by atoms with Crippen molar-refractivity contribution < 1.29 is 4.74 Å². The fraction of sp³-hybridized carbons (Fsp3) is 0.231. The average molecular weight is 585 g/mol. The highest BCUT2D eigenvalue weighted by Crippen LogP contribution is 2.53. The highest BCUT2D eigenvalue weighted by molar-refractivity contribution is 9.24. The molecule has 0 unspecified atom stereocenters. The summed E-state index contributed by atoms with van der Waals surface area (Å²) in [5.41, 5.74) is 0. The zero-order chi connectivity index (χ0) is 17.5. The second-order valence-corrected chi connectivity index (χ2v) is 10.4. The van der Waals surface area contributed by atoms with Gasteiger partial charge in [0.15, 0.2) is 0 Å². The first-order chi connectivity index (χ1) is 10.7. The summed E-state index contributed by atoms with van der Waals surface area (Å²) in [5.74, 6) is 0.252. The Bertz CT molecular complexity index is 771. The molecule has 0 bridgehead atoms. The van der Waals surface area contributed by atoms with E-state index in [1.807, 2.05) is 0 Å². The molecule has 0 saturated carbocycles. The number of fused-ring (bicyclic) bond motifs is 1. The van der Waals surface area contributed by atoms with Crippen molar-refractivity contribution in [1.82, 2.24) is 0 Å². The number of benzene rings is 2. The van der Waals surface area contributed by atoms with Gasteiger partial charge in [-0.2, -0.15) is 0 Å². The maximum atomic E-state index is 6.31. The van der Waals surface area contributed by atoms with Crippen LogP contribution in [0.1, 0.15) is 6.42 Å². The van der Waals surface area contributed by atoms with E-state index in [-0.39, 0.29) is 44.6 Å². The van der Waals surface area contributed by atoms with Gasteiger partial charge in [0.25, 0.3) is 0 Å². The Hall–Kier alpha value is 1.49. The fourth-order valence-electron chi connectivity index (χ4n) is 1.85. The van der Waals surface area contributed by atoms with Gasteiger partial charge in [0.2, 0.25) is 0 Å². The van der Waals surface area contributed by atoms with Crippen LogP contribution in [-0.4, -0.2) is 10.3 Å². The second-order valence-electron chi connectivity index (χ2n) is 4.31. The molecule has 10 heteroatoms. The van der Waals surface area contributed by atoms with Gasteiger partial charge in [-0.05, 0) is 0 Å². The highest BCUT2D eigenvalue weighted by Gasteiger charge is 2.25. The summed E-state index contributed by atoms with van der Waals surface area (Å²) in [4.78, 5) is 0. The Morgan fingerprint density at radius 2 is 1.09 bits per heavy atom. The molecule has 0 spiro atoms. The molecule has 0 N–H and O–H groups in total. The van der Waals surface area contributed by atoms with Crippen molar-refractivity contribution >= 4 is 124 Å². The first-order valence-corrected chi connectivity index (χ1v) is 10.4. The van der Waals surface area contributed by atoms with E-state index >= 15 is 0 Å². The lowest BCUT2D eigenvalue weighted by atomic mass is 10.1. The largest absolute Gasteiger partial charge is 0.491 e. The molecule has 2 aromatic carbocycles. The van der Waals surface area contributed by atoms with Crippen LogP contribution in [0.25, 0.3) is 10.8 Å². The van der Waals surface area contributed by atoms with Gasteiger partial charge in [0, 0.05) is 17.2 Å². The molecule has 0 radical (unpaired) electrons. The minimum atomic E-state index is 0.0815. The van der Waals surface area contributed by atoms with E-state index in [4.69, 9.17) is 85.9 Å². The van der Waals surface area contributed by atoms with Crippen LogP contribution in [-0.2, 0) is 0 Å². The van der Waals surface area contributed by atoms with Gasteiger partial charge in [-0.3, -0.25) is 0 Å². The van der Waals surface area contributed by atoms with Crippen LogP contribution in [0.2, 0.25) is 35.2 Å². The first-order valence-electron chi connectivity index (χ1n) is 5.91. The minimum absolute atomic E-state index is 0.0815. The molecule has 0 fully saturated rings. The van der Waals surface area contributed by atoms with Gasteiger partial charge in [0.1, 0.15) is 10.8 Å². The van der Waals surface area contributed by atoms with Crippen molar-refractivity contribution in [3.8, 4) is 5.75 Å². The second kappa shape index (κ2) is 8.45. The van der Waals surface area contributed by atoms with Gasteiger partial charge >= 0.3 is 0 Å². The summed E-state index contributed by atoms with van der Waals surface area (Å²) < 4.78 is 5.83. The molecule has 1 nitrogen and oxygen atoms in total. The summed E-state index contributed by atoms with van der Waals surface area (Å²) in [7, 11) is 0. The van der Waals surface area contributed by atoms with Crippen LogP contribution < -0.4 is 4.74 Å². The Labute approximate surface area is 184 Å². The van der Waals surface area contributed by atoms with E-state index in [1.165, 1.54) is 0 Å². The summed E-state index contributed by atoms with van der Waals surface area (Å²) in [6, 6.07) is 0. The fourth-order valence-corrected chi connectivity index (χ4v) is 4.06. The van der Waals surface area contributed by atoms with Crippen LogP contribution in [0.4, 0.5) is 0 Å². The van der Waals surface area contributed by atoms with Crippen LogP contribution in [0.3, 0.4) is 0 Å². The lowest BCUT2D eigenvalue weighted by Crippen LogP contribution is -2.03. The molecule has 0 heterocycles. The lowest BCUT2D eigenvalue weighted by Gasteiger charge is -2.18. The maximum Gasteiger partial charge on any atom is 0.148 e. The molecule has 0 atom stereocenters. The minimum Gasteiger partial charge on any atom is -0.491 e. The van der Waals surface area contributed by atoms with Gasteiger partial charge in [-0.15, -0.1) is 0 Å². The van der Waals surface area contributed by atoms with E-state index < -0.39 is 0 Å². The van der Waals surface area contributed by atoms with Crippen LogP contribution in [0, 0.1) is 0 Å². The van der Waals surface area contributed by atoms with Crippen LogP contribution in [0.5, 0.6) is 5.75 Å². The number of rotatable bonds is 4. The number of hydrogen-bond acceptors (Lipinski definition) is 1. The molecule has 2 rings (SSSR count). The van der Waals surface area contributed by atoms with Gasteiger partial charge in [-0.1, -0.05) is 113 Å². The van der Waals surface area contributed by atoms with E-state index in [0.717, 1.165) is 0 Å². The molecule has 0 aliphatic rings. The van der Waals surface area contributed by atoms with Crippen molar-refractivity contribution in [2.24, 2.45) is 0 Å². The van der Waals surface area contributed by atoms with Crippen molar-refractivity contribution in [3.05, 3.63) is 35.2 Å². The monoisotopic (exact) mass is 580 g/mol. The topological polar surface area (TPSA) is 9.23 Å². The summed E-state index contributed by atoms with van der Waals surface area (Å²) in [6.07, 6.45) is 0.657. The quantitative estimate of drug-likeness (QED) is 0.198. The maximum absolute atomic E-state index is 6.31. The van der Waals surface area contributed by atoms with Gasteiger partial charge in [0.05, 0.1) is 40.5 Å². The standard InChI is InChI=1S/C13H5Br2Cl7O/c14-3(15)1-2-23-13-5-4(7(17)11(21)12(13)22)6(16)9(19)10(20)8(5)18/h3H,1-2H2. The predicted octanol–water partition coefficient (Wildman–Crippen LogP) is 9.30. The van der Waals surface area contributed by atoms with Gasteiger partial charge in [-0.25, -0.2) is 0 Å². The Morgan fingerprint density at radius 3 is 1.57 bits per heavy atom. The molecule has 126 valence electrons. The Balaban J connectivity index is 2.80.